The fourth-order valence-corrected chi connectivity index (χ4v) is 2.76. The largest absolute Gasteiger partial charge is 0.493 e. The van der Waals surface area contributed by atoms with Crippen molar-refractivity contribution in [1.82, 2.24) is 10.6 Å². The molecule has 0 unspecified atom stereocenters. The molecule has 25 heavy (non-hydrogen) atoms. The van der Waals surface area contributed by atoms with Crippen molar-refractivity contribution in [1.29, 1.82) is 0 Å². The van der Waals surface area contributed by atoms with Crippen LogP contribution in [0.4, 0.5) is 8.78 Å². The Morgan fingerprint density at radius 3 is 2.60 bits per heavy atom. The number of halogens is 3. The monoisotopic (exact) mass is 469 g/mol. The maximum absolute atomic E-state index is 12.5. The zero-order valence-electron chi connectivity index (χ0n) is 14.6. The van der Waals surface area contributed by atoms with Gasteiger partial charge in [0.25, 0.3) is 0 Å². The molecule has 2 N–H and O–H groups in total. The summed E-state index contributed by atoms with van der Waals surface area (Å²) in [4.78, 5) is 4.53. The lowest BCUT2D eigenvalue weighted by molar-refractivity contribution is -0.0512. The molecule has 0 aliphatic heterocycles. The van der Waals surface area contributed by atoms with E-state index in [2.05, 4.69) is 20.4 Å². The van der Waals surface area contributed by atoms with E-state index in [1.165, 1.54) is 26.0 Å². The van der Waals surface area contributed by atoms with Gasteiger partial charge in [-0.3, -0.25) is 0 Å². The first-order valence-corrected chi connectivity index (χ1v) is 8.29. The molecule has 0 heterocycles. The molecule has 1 aliphatic rings. The van der Waals surface area contributed by atoms with Gasteiger partial charge in [0, 0.05) is 12.6 Å². The van der Waals surface area contributed by atoms with Crippen molar-refractivity contribution in [3.05, 3.63) is 23.8 Å². The number of guanidine groups is 1. The second-order valence-corrected chi connectivity index (χ2v) is 5.68. The van der Waals surface area contributed by atoms with E-state index in [1.54, 1.807) is 12.1 Å². The molecule has 0 spiro atoms. The molecule has 1 aliphatic carbocycles. The lowest BCUT2D eigenvalue weighted by Gasteiger charge is -2.16. The van der Waals surface area contributed by atoms with E-state index >= 15 is 0 Å². The quantitative estimate of drug-likeness (QED) is 0.361. The second kappa shape index (κ2) is 11.3. The molecule has 1 saturated carbocycles. The molecule has 8 heteroatoms. The van der Waals surface area contributed by atoms with Gasteiger partial charge in [0.15, 0.2) is 17.5 Å². The first-order valence-electron chi connectivity index (χ1n) is 8.29. The summed E-state index contributed by atoms with van der Waals surface area (Å²) in [5, 5.41) is 6.63. The Balaban J connectivity index is 0.00000312. The maximum Gasteiger partial charge on any atom is 0.387 e. The number of methoxy groups -OCH3 is 1. The van der Waals surface area contributed by atoms with E-state index in [0.717, 1.165) is 30.9 Å². The van der Waals surface area contributed by atoms with Crippen molar-refractivity contribution in [2.75, 3.05) is 13.7 Å². The molecule has 0 amide bonds. The molecule has 2 rings (SSSR count). The van der Waals surface area contributed by atoms with Gasteiger partial charge >= 0.3 is 6.61 Å². The number of aliphatic imine (C=N–C) groups is 1. The molecular formula is C17H26F2IN3O2. The van der Waals surface area contributed by atoms with E-state index in [0.29, 0.717) is 12.6 Å². The van der Waals surface area contributed by atoms with Crippen molar-refractivity contribution in [3.63, 3.8) is 0 Å². The Labute approximate surface area is 164 Å². The Morgan fingerprint density at radius 2 is 2.00 bits per heavy atom. The summed E-state index contributed by atoms with van der Waals surface area (Å²) in [5.41, 5.74) is 0.773. The van der Waals surface area contributed by atoms with Crippen LogP contribution in [0.15, 0.2) is 23.2 Å². The van der Waals surface area contributed by atoms with E-state index in [1.807, 2.05) is 6.92 Å². The van der Waals surface area contributed by atoms with Crippen LogP contribution >= 0.6 is 24.0 Å². The molecule has 142 valence electrons. The third-order valence-electron chi connectivity index (χ3n) is 3.90. The van der Waals surface area contributed by atoms with Crippen LogP contribution in [0.2, 0.25) is 0 Å². The third-order valence-corrected chi connectivity index (χ3v) is 3.90. The summed E-state index contributed by atoms with van der Waals surface area (Å²) in [6, 6.07) is 5.39. The van der Waals surface area contributed by atoms with Crippen LogP contribution in [0, 0.1) is 0 Å². The number of alkyl halides is 2. The van der Waals surface area contributed by atoms with Gasteiger partial charge in [0.1, 0.15) is 0 Å². The predicted molar refractivity (Wildman–Crippen MR) is 105 cm³/mol. The molecule has 1 aromatic carbocycles. The van der Waals surface area contributed by atoms with Gasteiger partial charge in [0.2, 0.25) is 0 Å². The van der Waals surface area contributed by atoms with Crippen LogP contribution in [0.3, 0.4) is 0 Å². The highest BCUT2D eigenvalue weighted by Crippen LogP contribution is 2.29. The fraction of sp³-hybridized carbons (Fsp3) is 0.588. The number of benzene rings is 1. The molecule has 0 bridgehead atoms. The van der Waals surface area contributed by atoms with Crippen molar-refractivity contribution < 1.29 is 18.3 Å². The van der Waals surface area contributed by atoms with Gasteiger partial charge in [-0.15, -0.1) is 24.0 Å². The Morgan fingerprint density at radius 1 is 1.28 bits per heavy atom. The lowest BCUT2D eigenvalue weighted by Crippen LogP contribution is -2.42. The summed E-state index contributed by atoms with van der Waals surface area (Å²) in [5.74, 6) is 1.05. The van der Waals surface area contributed by atoms with Crippen molar-refractivity contribution in [2.24, 2.45) is 4.99 Å². The normalized spacial score (nSPS) is 15.0. The van der Waals surface area contributed by atoms with Crippen LogP contribution in [0.25, 0.3) is 0 Å². The topological polar surface area (TPSA) is 54.9 Å². The number of ether oxygens (including phenoxy) is 2. The van der Waals surface area contributed by atoms with E-state index in [-0.39, 0.29) is 35.5 Å². The molecule has 5 nitrogen and oxygen atoms in total. The zero-order valence-corrected chi connectivity index (χ0v) is 16.9. The minimum atomic E-state index is -2.89. The Hall–Kier alpha value is -1.32. The standard InChI is InChI=1S/C17H25F2N3O2.HI/c1-3-20-17(22-13-6-4-5-7-13)21-11-12-8-9-14(23-2)15(10-12)24-16(18)19;/h8-10,13,16H,3-7,11H2,1-2H3,(H2,20,21,22);1H. The van der Waals surface area contributed by atoms with Gasteiger partial charge in [-0.25, -0.2) is 4.99 Å². The highest BCUT2D eigenvalue weighted by atomic mass is 127. The number of hydrogen-bond acceptors (Lipinski definition) is 3. The van der Waals surface area contributed by atoms with Gasteiger partial charge in [-0.2, -0.15) is 8.78 Å². The average Bonchev–Trinajstić information content (AvgIpc) is 3.05. The first kappa shape index (κ1) is 21.7. The number of nitrogens with one attached hydrogen (secondary N) is 2. The maximum atomic E-state index is 12.5. The first-order chi connectivity index (χ1) is 11.6. The molecular weight excluding hydrogens is 443 g/mol. The van der Waals surface area contributed by atoms with Crippen LogP contribution in [-0.4, -0.2) is 32.3 Å². The van der Waals surface area contributed by atoms with E-state index < -0.39 is 6.61 Å². The minimum Gasteiger partial charge on any atom is -0.493 e. The minimum absolute atomic E-state index is 0. The van der Waals surface area contributed by atoms with Crippen LogP contribution in [0.1, 0.15) is 38.2 Å². The molecule has 0 aromatic heterocycles. The third kappa shape index (κ3) is 7.21. The summed E-state index contributed by atoms with van der Waals surface area (Å²) >= 11 is 0. The lowest BCUT2D eigenvalue weighted by atomic mass is 10.2. The highest BCUT2D eigenvalue weighted by molar-refractivity contribution is 14.0. The van der Waals surface area contributed by atoms with Crippen LogP contribution in [0.5, 0.6) is 11.5 Å². The molecule has 0 atom stereocenters. The SMILES string of the molecule is CCNC(=NCc1ccc(OC)c(OC(F)F)c1)NC1CCCC1.I. The highest BCUT2D eigenvalue weighted by Gasteiger charge is 2.16. The molecule has 0 radical (unpaired) electrons. The number of nitrogens with zero attached hydrogens (tertiary/aromatic N) is 1. The zero-order chi connectivity index (χ0) is 17.4. The summed E-state index contributed by atoms with van der Waals surface area (Å²) in [6.45, 7) is 0.249. The smallest absolute Gasteiger partial charge is 0.387 e. The van der Waals surface area contributed by atoms with E-state index in [4.69, 9.17) is 4.74 Å². The van der Waals surface area contributed by atoms with Gasteiger partial charge in [-0.1, -0.05) is 18.9 Å². The predicted octanol–water partition coefficient (Wildman–Crippen LogP) is 3.91. The van der Waals surface area contributed by atoms with Crippen molar-refractivity contribution in [3.8, 4) is 11.5 Å². The second-order valence-electron chi connectivity index (χ2n) is 5.68. The Bertz CT molecular complexity index is 553. The summed E-state index contributed by atoms with van der Waals surface area (Å²) in [6.07, 6.45) is 4.78. The van der Waals surface area contributed by atoms with Crippen LogP contribution < -0.4 is 20.1 Å². The van der Waals surface area contributed by atoms with Crippen molar-refractivity contribution >= 4 is 29.9 Å². The summed E-state index contributed by atoms with van der Waals surface area (Å²) < 4.78 is 34.5. The van der Waals surface area contributed by atoms with Gasteiger partial charge in [0.05, 0.1) is 13.7 Å². The van der Waals surface area contributed by atoms with Gasteiger partial charge < -0.3 is 20.1 Å². The van der Waals surface area contributed by atoms with Gasteiger partial charge in [-0.05, 0) is 37.5 Å². The summed E-state index contributed by atoms with van der Waals surface area (Å²) in [7, 11) is 1.42. The number of hydrogen-bond donors (Lipinski definition) is 2. The van der Waals surface area contributed by atoms with Crippen molar-refractivity contribution in [2.45, 2.75) is 51.8 Å². The molecule has 1 fully saturated rings. The molecule has 1 aromatic rings. The number of rotatable bonds is 7. The van der Waals surface area contributed by atoms with E-state index in [9.17, 15) is 8.78 Å². The average molecular weight is 469 g/mol. The Kier molecular flexibility index (Phi) is 9.84. The van der Waals surface area contributed by atoms with Crippen LogP contribution in [-0.2, 0) is 6.54 Å². The fourth-order valence-electron chi connectivity index (χ4n) is 2.76. The molecule has 0 saturated heterocycles.